The second-order valence-electron chi connectivity index (χ2n) is 8.62. The van der Waals surface area contributed by atoms with Gasteiger partial charge in [-0.25, -0.2) is 31.3 Å². The van der Waals surface area contributed by atoms with E-state index in [2.05, 4.69) is 68.0 Å². The number of ether oxygens (including phenoxy) is 1. The zero-order valence-corrected chi connectivity index (χ0v) is 23.6. The molecule has 0 spiro atoms. The number of hydrogen-bond donors (Lipinski definition) is 0. The molecular formula is C20H17Br3ClF5N6O. The van der Waals surface area contributed by atoms with E-state index in [1.54, 1.807) is 4.68 Å². The van der Waals surface area contributed by atoms with Crippen LogP contribution >= 0.6 is 59.4 Å². The number of rotatable bonds is 6. The average Bonchev–Trinajstić information content (AvgIpc) is 3.22. The first-order chi connectivity index (χ1) is 16.8. The molecule has 3 aromatic rings. The van der Waals surface area contributed by atoms with Gasteiger partial charge in [0.1, 0.15) is 11.6 Å². The van der Waals surface area contributed by atoms with Crippen molar-refractivity contribution in [3.63, 3.8) is 0 Å². The molecule has 0 radical (unpaired) electrons. The zero-order valence-electron chi connectivity index (χ0n) is 18.1. The van der Waals surface area contributed by atoms with Gasteiger partial charge in [-0.05, 0) is 71.8 Å². The van der Waals surface area contributed by atoms with Crippen molar-refractivity contribution >= 4 is 59.4 Å². The Labute approximate surface area is 232 Å². The third-order valence-electron chi connectivity index (χ3n) is 5.52. The molecule has 2 aliphatic rings. The molecule has 196 valence electrons. The summed E-state index contributed by atoms with van der Waals surface area (Å²) in [4.78, 5) is 7.98. The van der Waals surface area contributed by atoms with Gasteiger partial charge < -0.3 is 4.74 Å². The van der Waals surface area contributed by atoms with Crippen LogP contribution < -0.4 is 4.74 Å². The van der Waals surface area contributed by atoms with Gasteiger partial charge in [0.05, 0.1) is 5.02 Å². The monoisotopic (exact) mass is 724 g/mol. The molecule has 2 aromatic heterocycles. The van der Waals surface area contributed by atoms with Gasteiger partial charge >= 0.3 is 6.01 Å². The normalized spacial score (nSPS) is 18.7. The molecule has 1 aromatic carbocycles. The molecule has 16 heteroatoms. The quantitative estimate of drug-likeness (QED) is 0.246. The standard InChI is InChI=1S/C13H10BrClF3N3O.C7H7Br2F2N3/c14-11-19-12(22-8-1-2-10(16)9(15)3-8)21(20-11)6-7-4-13(17,18)5-7;8-5-12-6(9)14(13-5)3-4-1-7(10,11)2-4/h1-3,7H,4-6H2;4H,1-3H2. The highest BCUT2D eigenvalue weighted by molar-refractivity contribution is 9.11. The molecule has 0 N–H and O–H groups in total. The first kappa shape index (κ1) is 27.7. The molecule has 0 atom stereocenters. The molecule has 0 amide bonds. The smallest absolute Gasteiger partial charge is 0.321 e. The number of halogens is 9. The molecule has 2 heterocycles. The lowest BCUT2D eigenvalue weighted by atomic mass is 9.81. The van der Waals surface area contributed by atoms with E-state index < -0.39 is 17.7 Å². The van der Waals surface area contributed by atoms with Gasteiger partial charge in [0.15, 0.2) is 4.73 Å². The number of benzene rings is 1. The fraction of sp³-hybridized carbons (Fsp3) is 0.500. The lowest BCUT2D eigenvalue weighted by Crippen LogP contribution is -2.37. The van der Waals surface area contributed by atoms with Gasteiger partial charge in [-0.3, -0.25) is 0 Å². The van der Waals surface area contributed by atoms with Crippen LogP contribution in [0.3, 0.4) is 0 Å². The van der Waals surface area contributed by atoms with E-state index in [0.717, 1.165) is 0 Å². The minimum Gasteiger partial charge on any atom is -0.424 e. The molecule has 5 rings (SSSR count). The summed E-state index contributed by atoms with van der Waals surface area (Å²) in [5, 5.41) is 7.99. The summed E-state index contributed by atoms with van der Waals surface area (Å²) in [5.74, 6) is -5.50. The predicted molar refractivity (Wildman–Crippen MR) is 130 cm³/mol. The van der Waals surface area contributed by atoms with E-state index in [1.165, 1.54) is 22.9 Å². The van der Waals surface area contributed by atoms with Gasteiger partial charge in [0, 0.05) is 44.8 Å². The molecule has 36 heavy (non-hydrogen) atoms. The SMILES string of the molecule is FC1(F)CC(Cn2nc(Br)nc2Br)C1.Fc1ccc(Oc2nc(Br)nn2CC2CC(F)(F)C2)cc1Cl. The maximum atomic E-state index is 13.1. The molecule has 0 unspecified atom stereocenters. The van der Waals surface area contributed by atoms with Crippen molar-refractivity contribution in [3.8, 4) is 11.8 Å². The highest BCUT2D eigenvalue weighted by Gasteiger charge is 2.46. The Hall–Kier alpha value is -1.32. The van der Waals surface area contributed by atoms with Crippen LogP contribution in [-0.4, -0.2) is 41.4 Å². The molecule has 2 fully saturated rings. The van der Waals surface area contributed by atoms with Crippen LogP contribution in [0.15, 0.2) is 32.4 Å². The van der Waals surface area contributed by atoms with Crippen LogP contribution in [0.1, 0.15) is 25.7 Å². The Bertz CT molecular complexity index is 1230. The summed E-state index contributed by atoms with van der Waals surface area (Å²) in [6, 6.07) is 4.00. The van der Waals surface area contributed by atoms with Crippen LogP contribution in [-0.2, 0) is 13.1 Å². The van der Waals surface area contributed by atoms with Gasteiger partial charge in [-0.1, -0.05) is 11.6 Å². The maximum Gasteiger partial charge on any atom is 0.321 e. The second kappa shape index (κ2) is 10.8. The molecule has 2 aliphatic carbocycles. The molecule has 7 nitrogen and oxygen atoms in total. The van der Waals surface area contributed by atoms with Crippen molar-refractivity contribution in [2.75, 3.05) is 0 Å². The van der Waals surface area contributed by atoms with E-state index in [-0.39, 0.29) is 65.6 Å². The van der Waals surface area contributed by atoms with Gasteiger partial charge in [-0.15, -0.1) is 10.2 Å². The lowest BCUT2D eigenvalue weighted by molar-refractivity contribution is -0.115. The Kier molecular flexibility index (Phi) is 8.32. The summed E-state index contributed by atoms with van der Waals surface area (Å²) in [5.41, 5.74) is 0. The van der Waals surface area contributed by atoms with E-state index in [9.17, 15) is 22.0 Å². The Balaban J connectivity index is 0.000000187. The molecule has 0 saturated heterocycles. The summed E-state index contributed by atoms with van der Waals surface area (Å²) in [6.07, 6.45) is -0.438. The summed E-state index contributed by atoms with van der Waals surface area (Å²) in [6.45, 7) is 0.771. The first-order valence-electron chi connectivity index (χ1n) is 10.5. The average molecular weight is 728 g/mol. The highest BCUT2D eigenvalue weighted by atomic mass is 79.9. The molecular weight excluding hydrogens is 710 g/mol. The van der Waals surface area contributed by atoms with E-state index >= 15 is 0 Å². The van der Waals surface area contributed by atoms with Crippen LogP contribution in [0.25, 0.3) is 0 Å². The molecule has 0 aliphatic heterocycles. The minimum absolute atomic E-state index is 0.00917. The second-order valence-corrected chi connectivity index (χ2v) is 11.2. The fourth-order valence-electron chi connectivity index (χ4n) is 3.87. The van der Waals surface area contributed by atoms with E-state index in [1.807, 2.05) is 0 Å². The lowest BCUT2D eigenvalue weighted by Gasteiger charge is -2.34. The van der Waals surface area contributed by atoms with Crippen molar-refractivity contribution in [2.24, 2.45) is 11.8 Å². The fourth-order valence-corrected chi connectivity index (χ4v) is 5.37. The van der Waals surface area contributed by atoms with Gasteiger partial charge in [0.2, 0.25) is 21.3 Å². The van der Waals surface area contributed by atoms with Crippen molar-refractivity contribution < 1.29 is 26.7 Å². The number of hydrogen-bond acceptors (Lipinski definition) is 5. The Morgan fingerprint density at radius 1 is 0.889 bits per heavy atom. The van der Waals surface area contributed by atoms with Crippen LogP contribution in [0.4, 0.5) is 22.0 Å². The summed E-state index contributed by atoms with van der Waals surface area (Å²) in [7, 11) is 0. The Morgan fingerprint density at radius 2 is 1.42 bits per heavy atom. The van der Waals surface area contributed by atoms with Gasteiger partial charge in [0.25, 0.3) is 0 Å². The minimum atomic E-state index is -2.59. The topological polar surface area (TPSA) is 70.7 Å². The van der Waals surface area contributed by atoms with Crippen molar-refractivity contribution in [1.82, 2.24) is 29.5 Å². The largest absolute Gasteiger partial charge is 0.424 e. The number of nitrogens with zero attached hydrogens (tertiary/aromatic N) is 6. The third-order valence-corrected chi connectivity index (χ3v) is 7.07. The third kappa shape index (κ3) is 7.16. The van der Waals surface area contributed by atoms with Crippen LogP contribution in [0, 0.1) is 17.7 Å². The van der Waals surface area contributed by atoms with Crippen molar-refractivity contribution in [3.05, 3.63) is 43.2 Å². The predicted octanol–water partition coefficient (Wildman–Crippen LogP) is 7.52. The molecule has 0 bridgehead atoms. The number of aromatic nitrogens is 6. The van der Waals surface area contributed by atoms with Crippen molar-refractivity contribution in [2.45, 2.75) is 50.6 Å². The number of alkyl halides is 4. The zero-order chi connectivity index (χ0) is 26.3. The Morgan fingerprint density at radius 3 is 1.92 bits per heavy atom. The summed E-state index contributed by atoms with van der Waals surface area (Å²) < 4.78 is 73.8. The van der Waals surface area contributed by atoms with Crippen molar-refractivity contribution in [1.29, 1.82) is 0 Å². The molecule has 2 saturated carbocycles. The summed E-state index contributed by atoms with van der Waals surface area (Å²) >= 11 is 15.1. The van der Waals surface area contributed by atoms with Gasteiger partial charge in [-0.2, -0.15) is 9.97 Å². The van der Waals surface area contributed by atoms with Crippen LogP contribution in [0.5, 0.6) is 11.8 Å². The van der Waals surface area contributed by atoms with E-state index in [0.29, 0.717) is 16.0 Å². The van der Waals surface area contributed by atoms with Crippen LogP contribution in [0.2, 0.25) is 5.02 Å². The first-order valence-corrected chi connectivity index (χ1v) is 13.3. The highest BCUT2D eigenvalue weighted by Crippen LogP contribution is 2.44. The maximum absolute atomic E-state index is 13.1. The van der Waals surface area contributed by atoms with E-state index in [4.69, 9.17) is 16.3 Å².